The summed E-state index contributed by atoms with van der Waals surface area (Å²) in [4.78, 5) is 38.8. The van der Waals surface area contributed by atoms with Gasteiger partial charge in [-0.3, -0.25) is 14.4 Å². The van der Waals surface area contributed by atoms with Crippen LogP contribution in [-0.4, -0.2) is 53.7 Å². The highest BCUT2D eigenvalue weighted by atomic mass is 32.2. The van der Waals surface area contributed by atoms with Gasteiger partial charge in [0.2, 0.25) is 11.8 Å². The van der Waals surface area contributed by atoms with Crippen LogP contribution in [0.5, 0.6) is 5.75 Å². The Morgan fingerprint density at radius 3 is 2.29 bits per heavy atom. The van der Waals surface area contributed by atoms with E-state index in [9.17, 15) is 14.4 Å². The van der Waals surface area contributed by atoms with E-state index in [2.05, 4.69) is 5.32 Å². The van der Waals surface area contributed by atoms with E-state index in [-0.39, 0.29) is 30.4 Å². The van der Waals surface area contributed by atoms with E-state index in [1.165, 1.54) is 0 Å². The van der Waals surface area contributed by atoms with Gasteiger partial charge in [0.1, 0.15) is 5.75 Å². The fraction of sp³-hybridized carbons (Fsp3) is 0.375. The molecule has 31 heavy (non-hydrogen) atoms. The number of rotatable bonds is 9. The fourth-order valence-electron chi connectivity index (χ4n) is 3.30. The number of hydrogen-bond acceptors (Lipinski definition) is 5. The first-order valence-corrected chi connectivity index (χ1v) is 11.7. The van der Waals surface area contributed by atoms with Gasteiger partial charge in [-0.15, -0.1) is 0 Å². The van der Waals surface area contributed by atoms with Crippen molar-refractivity contribution in [1.82, 2.24) is 4.90 Å². The maximum Gasteiger partial charge on any atom is 0.227 e. The highest BCUT2D eigenvalue weighted by Gasteiger charge is 2.17. The molecule has 2 aromatic carbocycles. The minimum atomic E-state index is -0.214. The van der Waals surface area contributed by atoms with Crippen LogP contribution in [0.2, 0.25) is 0 Å². The number of ketones is 1. The third kappa shape index (κ3) is 7.14. The molecular weight excluding hydrogens is 412 g/mol. The van der Waals surface area contributed by atoms with Crippen molar-refractivity contribution in [1.29, 1.82) is 0 Å². The van der Waals surface area contributed by atoms with Crippen LogP contribution in [0.4, 0.5) is 5.69 Å². The van der Waals surface area contributed by atoms with Gasteiger partial charge in [-0.25, -0.2) is 0 Å². The average molecular weight is 441 g/mol. The van der Waals surface area contributed by atoms with E-state index in [1.807, 2.05) is 35.7 Å². The van der Waals surface area contributed by atoms with Crippen LogP contribution >= 0.6 is 11.8 Å². The summed E-state index contributed by atoms with van der Waals surface area (Å²) in [7, 11) is 0. The maximum absolute atomic E-state index is 12.4. The number of Topliss-reactive ketones (excluding diaryl/α,β-unsaturated/α-hetero) is 1. The number of benzene rings is 2. The van der Waals surface area contributed by atoms with Gasteiger partial charge in [0.05, 0.1) is 13.0 Å². The number of ether oxygens (including phenoxy) is 1. The predicted molar refractivity (Wildman–Crippen MR) is 124 cm³/mol. The standard InChI is InChI=1S/C24H28N2O4S/c1-2-30-21-9-5-19(6-10-21)22(27)11-12-23(28)25-20-7-3-18(4-8-20)17-24(29)26-13-15-31-16-14-26/h3-10H,2,11-17H2,1H3,(H,25,28). The monoisotopic (exact) mass is 440 g/mol. The molecule has 1 fully saturated rings. The van der Waals surface area contributed by atoms with Gasteiger partial charge >= 0.3 is 0 Å². The van der Waals surface area contributed by atoms with E-state index < -0.39 is 0 Å². The number of hydrogen-bond donors (Lipinski definition) is 1. The highest BCUT2D eigenvalue weighted by Crippen LogP contribution is 2.16. The predicted octanol–water partition coefficient (Wildman–Crippen LogP) is 3.80. The zero-order valence-corrected chi connectivity index (χ0v) is 18.6. The topological polar surface area (TPSA) is 75.7 Å². The van der Waals surface area contributed by atoms with Crippen LogP contribution in [0.25, 0.3) is 0 Å². The number of thioether (sulfide) groups is 1. The lowest BCUT2D eigenvalue weighted by Gasteiger charge is -2.26. The SMILES string of the molecule is CCOc1ccc(C(=O)CCC(=O)Nc2ccc(CC(=O)N3CCSCC3)cc2)cc1. The Morgan fingerprint density at radius 1 is 0.968 bits per heavy atom. The molecule has 2 aromatic rings. The lowest BCUT2D eigenvalue weighted by atomic mass is 10.1. The molecule has 6 nitrogen and oxygen atoms in total. The van der Waals surface area contributed by atoms with Crippen LogP contribution in [0, 0.1) is 0 Å². The number of carbonyl (C=O) groups excluding carboxylic acids is 3. The van der Waals surface area contributed by atoms with Crippen molar-refractivity contribution in [3.05, 3.63) is 59.7 Å². The summed E-state index contributed by atoms with van der Waals surface area (Å²) >= 11 is 1.88. The Balaban J connectivity index is 1.43. The summed E-state index contributed by atoms with van der Waals surface area (Å²) in [5, 5.41) is 2.81. The van der Waals surface area contributed by atoms with E-state index in [1.54, 1.807) is 36.4 Å². The number of anilines is 1. The van der Waals surface area contributed by atoms with E-state index in [0.29, 0.717) is 24.3 Å². The molecule has 0 bridgehead atoms. The van der Waals surface area contributed by atoms with E-state index in [0.717, 1.165) is 35.9 Å². The molecule has 0 unspecified atom stereocenters. The molecule has 0 saturated carbocycles. The van der Waals surface area contributed by atoms with Crippen molar-refractivity contribution in [3.8, 4) is 5.75 Å². The minimum absolute atomic E-state index is 0.0804. The molecule has 7 heteroatoms. The van der Waals surface area contributed by atoms with Crippen molar-refractivity contribution in [2.45, 2.75) is 26.2 Å². The van der Waals surface area contributed by atoms with Gasteiger partial charge in [0.15, 0.2) is 5.78 Å². The molecule has 1 N–H and O–H groups in total. The molecule has 2 amide bonds. The quantitative estimate of drug-likeness (QED) is 0.600. The first-order valence-electron chi connectivity index (χ1n) is 10.6. The van der Waals surface area contributed by atoms with Gasteiger partial charge in [-0.05, 0) is 48.9 Å². The largest absolute Gasteiger partial charge is 0.494 e. The second-order valence-electron chi connectivity index (χ2n) is 7.30. The third-order valence-corrected chi connectivity index (χ3v) is 5.97. The lowest BCUT2D eigenvalue weighted by Crippen LogP contribution is -2.38. The lowest BCUT2D eigenvalue weighted by molar-refractivity contribution is -0.130. The highest BCUT2D eigenvalue weighted by molar-refractivity contribution is 7.99. The second-order valence-corrected chi connectivity index (χ2v) is 8.52. The van der Waals surface area contributed by atoms with Crippen LogP contribution in [0.1, 0.15) is 35.7 Å². The molecule has 164 valence electrons. The molecular formula is C24H28N2O4S. The van der Waals surface area contributed by atoms with Gasteiger partial charge in [0.25, 0.3) is 0 Å². The van der Waals surface area contributed by atoms with Crippen LogP contribution in [0.3, 0.4) is 0 Å². The molecule has 0 atom stereocenters. The zero-order valence-electron chi connectivity index (χ0n) is 17.8. The molecule has 1 aliphatic heterocycles. The molecule has 3 rings (SSSR count). The molecule has 1 saturated heterocycles. The molecule has 0 aromatic heterocycles. The Hall–Kier alpha value is -2.80. The van der Waals surface area contributed by atoms with Crippen molar-refractivity contribution < 1.29 is 19.1 Å². The van der Waals surface area contributed by atoms with Crippen molar-refractivity contribution >= 4 is 35.0 Å². The van der Waals surface area contributed by atoms with Gasteiger partial charge < -0.3 is 15.0 Å². The number of nitrogens with zero attached hydrogens (tertiary/aromatic N) is 1. The van der Waals surface area contributed by atoms with Crippen molar-refractivity contribution in [2.24, 2.45) is 0 Å². The number of carbonyl (C=O) groups is 3. The van der Waals surface area contributed by atoms with Gasteiger partial charge in [-0.1, -0.05) is 12.1 Å². The van der Waals surface area contributed by atoms with E-state index in [4.69, 9.17) is 4.74 Å². The Kier molecular flexibility index (Phi) is 8.53. The van der Waals surface area contributed by atoms with Crippen LogP contribution in [0.15, 0.2) is 48.5 Å². The Morgan fingerprint density at radius 2 is 1.65 bits per heavy atom. The first kappa shape index (κ1) is 22.9. The Labute approximate surface area is 187 Å². The molecule has 1 heterocycles. The number of nitrogens with one attached hydrogen (secondary N) is 1. The van der Waals surface area contributed by atoms with E-state index >= 15 is 0 Å². The normalized spacial score (nSPS) is 13.5. The molecule has 0 aliphatic carbocycles. The van der Waals surface area contributed by atoms with Gasteiger partial charge in [-0.2, -0.15) is 11.8 Å². The first-order chi connectivity index (χ1) is 15.0. The summed E-state index contributed by atoms with van der Waals surface area (Å²) in [5.74, 6) is 2.56. The smallest absolute Gasteiger partial charge is 0.227 e. The Bertz CT molecular complexity index is 891. The van der Waals surface area contributed by atoms with Crippen molar-refractivity contribution in [2.75, 3.05) is 36.5 Å². The average Bonchev–Trinajstić information content (AvgIpc) is 2.80. The van der Waals surface area contributed by atoms with Gasteiger partial charge in [0, 0.05) is 48.7 Å². The molecule has 0 radical (unpaired) electrons. The summed E-state index contributed by atoms with van der Waals surface area (Å²) in [6.07, 6.45) is 0.620. The second kappa shape index (κ2) is 11.6. The summed E-state index contributed by atoms with van der Waals surface area (Å²) in [6, 6.07) is 14.2. The minimum Gasteiger partial charge on any atom is -0.494 e. The molecule has 1 aliphatic rings. The maximum atomic E-state index is 12.4. The van der Waals surface area contributed by atoms with Crippen molar-refractivity contribution in [3.63, 3.8) is 0 Å². The summed E-state index contributed by atoms with van der Waals surface area (Å²) in [5.41, 5.74) is 2.15. The molecule has 0 spiro atoms. The fourth-order valence-corrected chi connectivity index (χ4v) is 4.21. The van der Waals surface area contributed by atoms with Crippen LogP contribution < -0.4 is 10.1 Å². The number of amides is 2. The summed E-state index contributed by atoms with van der Waals surface area (Å²) < 4.78 is 5.37. The zero-order chi connectivity index (χ0) is 22.1. The van der Waals surface area contributed by atoms with Crippen LogP contribution in [-0.2, 0) is 16.0 Å². The summed E-state index contributed by atoms with van der Waals surface area (Å²) in [6.45, 7) is 4.10. The third-order valence-electron chi connectivity index (χ3n) is 5.02.